The fourth-order valence-corrected chi connectivity index (χ4v) is 1.69. The van der Waals surface area contributed by atoms with E-state index in [1.807, 2.05) is 4.90 Å². The first-order chi connectivity index (χ1) is 5.43. The van der Waals surface area contributed by atoms with Crippen molar-refractivity contribution in [3.05, 3.63) is 12.0 Å². The van der Waals surface area contributed by atoms with Gasteiger partial charge < -0.3 is 10.6 Å². The number of aliphatic imine (C=N–C) groups is 1. The van der Waals surface area contributed by atoms with Gasteiger partial charge in [-0.05, 0) is 20.8 Å². The Morgan fingerprint density at radius 1 is 1.58 bits per heavy atom. The van der Waals surface area contributed by atoms with Crippen molar-refractivity contribution < 1.29 is 0 Å². The van der Waals surface area contributed by atoms with Crippen LogP contribution in [0.1, 0.15) is 20.8 Å². The quantitative estimate of drug-likeness (QED) is 0.461. The van der Waals surface area contributed by atoms with Gasteiger partial charge in [-0.15, -0.1) is 0 Å². The highest BCUT2D eigenvalue weighted by molar-refractivity contribution is 6.28. The van der Waals surface area contributed by atoms with Crippen molar-refractivity contribution in [2.45, 2.75) is 31.8 Å². The molecule has 1 heterocycles. The molecule has 2 N–H and O–H groups in total. The fraction of sp³-hybridized carbons (Fsp3) is 0.625. The Morgan fingerprint density at radius 3 is 2.50 bits per heavy atom. The van der Waals surface area contributed by atoms with Gasteiger partial charge in [-0.1, -0.05) is 11.6 Å². The average Bonchev–Trinajstić information content (AvgIpc) is 1.82. The first-order valence-corrected chi connectivity index (χ1v) is 4.29. The molecule has 0 aromatic heterocycles. The van der Waals surface area contributed by atoms with Crippen LogP contribution in [0, 0.1) is 0 Å². The van der Waals surface area contributed by atoms with E-state index in [0.717, 1.165) is 0 Å². The molecule has 1 aliphatic heterocycles. The Kier molecular flexibility index (Phi) is 2.33. The predicted molar refractivity (Wildman–Crippen MR) is 52.0 cm³/mol. The van der Waals surface area contributed by atoms with Gasteiger partial charge in [0.05, 0.1) is 6.20 Å². The Labute approximate surface area is 77.9 Å². The highest BCUT2D eigenvalue weighted by atomic mass is 35.5. The zero-order chi connectivity index (χ0) is 9.35. The lowest BCUT2D eigenvalue weighted by atomic mass is 10.1. The van der Waals surface area contributed by atoms with Gasteiger partial charge in [-0.2, -0.15) is 0 Å². The molecule has 1 rings (SSSR count). The van der Waals surface area contributed by atoms with E-state index in [9.17, 15) is 0 Å². The van der Waals surface area contributed by atoms with Gasteiger partial charge in [0.2, 0.25) is 0 Å². The molecule has 0 aliphatic carbocycles. The standard InChI is InChI=1S/C8H14ClN3/c1-8(2,3)12-6(9)4-11-5-7(12)10/h4-6H,10H2,1-3H3. The Bertz CT molecular complexity index is 227. The molecular weight excluding hydrogens is 174 g/mol. The molecule has 0 spiro atoms. The fourth-order valence-electron chi connectivity index (χ4n) is 1.22. The molecule has 0 amide bonds. The summed E-state index contributed by atoms with van der Waals surface area (Å²) in [4.78, 5) is 5.84. The van der Waals surface area contributed by atoms with Gasteiger partial charge in [0, 0.05) is 11.8 Å². The van der Waals surface area contributed by atoms with E-state index < -0.39 is 0 Å². The van der Waals surface area contributed by atoms with Gasteiger partial charge in [0.15, 0.2) is 0 Å². The third kappa shape index (κ3) is 1.72. The summed E-state index contributed by atoms with van der Waals surface area (Å²) in [6, 6.07) is 0. The van der Waals surface area contributed by atoms with Gasteiger partial charge in [0.1, 0.15) is 11.3 Å². The second kappa shape index (κ2) is 2.98. The summed E-state index contributed by atoms with van der Waals surface area (Å²) in [5.74, 6) is 0.616. The molecule has 4 heteroatoms. The largest absolute Gasteiger partial charge is 0.384 e. The topological polar surface area (TPSA) is 41.6 Å². The molecule has 0 radical (unpaired) electrons. The molecule has 12 heavy (non-hydrogen) atoms. The summed E-state index contributed by atoms with van der Waals surface area (Å²) < 4.78 is 0. The molecule has 0 bridgehead atoms. The van der Waals surface area contributed by atoms with E-state index in [0.29, 0.717) is 5.82 Å². The van der Waals surface area contributed by atoms with Crippen molar-refractivity contribution in [3.8, 4) is 0 Å². The summed E-state index contributed by atoms with van der Waals surface area (Å²) in [6.45, 7) is 6.17. The number of nitrogens with zero attached hydrogens (tertiary/aromatic N) is 2. The van der Waals surface area contributed by atoms with Crippen LogP contribution in [0.15, 0.2) is 17.0 Å². The molecule has 1 atom stereocenters. The molecule has 0 fully saturated rings. The van der Waals surface area contributed by atoms with Crippen molar-refractivity contribution in [3.63, 3.8) is 0 Å². The summed E-state index contributed by atoms with van der Waals surface area (Å²) in [5, 5.41) is 0. The average molecular weight is 188 g/mol. The van der Waals surface area contributed by atoms with Crippen LogP contribution in [0.4, 0.5) is 0 Å². The van der Waals surface area contributed by atoms with E-state index >= 15 is 0 Å². The van der Waals surface area contributed by atoms with E-state index in [2.05, 4.69) is 25.8 Å². The zero-order valence-corrected chi connectivity index (χ0v) is 8.34. The van der Waals surface area contributed by atoms with Crippen LogP contribution in [-0.4, -0.2) is 22.2 Å². The number of hydrogen-bond acceptors (Lipinski definition) is 3. The molecule has 0 saturated heterocycles. The highest BCUT2D eigenvalue weighted by Gasteiger charge is 2.28. The van der Waals surface area contributed by atoms with Crippen LogP contribution < -0.4 is 5.73 Å². The maximum atomic E-state index is 6.02. The number of halogens is 1. The Hall–Kier alpha value is -0.700. The summed E-state index contributed by atoms with van der Waals surface area (Å²) in [6.07, 6.45) is 3.29. The molecule has 0 saturated carbocycles. The van der Waals surface area contributed by atoms with Crippen molar-refractivity contribution in [2.75, 3.05) is 0 Å². The molecule has 0 aromatic rings. The summed E-state index contributed by atoms with van der Waals surface area (Å²) in [7, 11) is 0. The van der Waals surface area contributed by atoms with Crippen LogP contribution >= 0.6 is 11.6 Å². The summed E-state index contributed by atoms with van der Waals surface area (Å²) >= 11 is 6.02. The Morgan fingerprint density at radius 2 is 2.17 bits per heavy atom. The minimum atomic E-state index is -0.241. The molecule has 68 valence electrons. The molecule has 1 aliphatic rings. The maximum Gasteiger partial charge on any atom is 0.141 e. The first-order valence-electron chi connectivity index (χ1n) is 3.85. The van der Waals surface area contributed by atoms with Crippen LogP contribution in [-0.2, 0) is 0 Å². The monoisotopic (exact) mass is 187 g/mol. The van der Waals surface area contributed by atoms with Gasteiger partial charge in [-0.25, -0.2) is 0 Å². The van der Waals surface area contributed by atoms with Crippen molar-refractivity contribution >= 4 is 17.8 Å². The van der Waals surface area contributed by atoms with Gasteiger partial charge in [-0.3, -0.25) is 4.99 Å². The van der Waals surface area contributed by atoms with Gasteiger partial charge >= 0.3 is 0 Å². The van der Waals surface area contributed by atoms with E-state index in [-0.39, 0.29) is 11.0 Å². The van der Waals surface area contributed by atoms with Crippen LogP contribution in [0.2, 0.25) is 0 Å². The molecule has 0 aromatic carbocycles. The normalized spacial score (nSPS) is 24.2. The summed E-state index contributed by atoms with van der Waals surface area (Å²) in [5.41, 5.74) is 5.43. The smallest absolute Gasteiger partial charge is 0.141 e. The third-order valence-electron chi connectivity index (χ3n) is 1.66. The molecule has 3 nitrogen and oxygen atoms in total. The second-order valence-corrected chi connectivity index (χ2v) is 4.21. The van der Waals surface area contributed by atoms with Crippen LogP contribution in [0.3, 0.4) is 0 Å². The number of nitrogens with two attached hydrogens (primary N) is 1. The van der Waals surface area contributed by atoms with Crippen LogP contribution in [0.5, 0.6) is 0 Å². The van der Waals surface area contributed by atoms with Crippen molar-refractivity contribution in [2.24, 2.45) is 10.7 Å². The lowest BCUT2D eigenvalue weighted by Crippen LogP contribution is -2.49. The minimum absolute atomic E-state index is 0.0700. The first kappa shape index (κ1) is 9.39. The van der Waals surface area contributed by atoms with Crippen molar-refractivity contribution in [1.82, 2.24) is 4.90 Å². The van der Waals surface area contributed by atoms with Gasteiger partial charge in [0.25, 0.3) is 0 Å². The second-order valence-electron chi connectivity index (χ2n) is 3.77. The predicted octanol–water partition coefficient (Wildman–Crippen LogP) is 1.49. The number of alkyl halides is 1. The van der Waals surface area contributed by atoms with Crippen LogP contribution in [0.25, 0.3) is 0 Å². The maximum absolute atomic E-state index is 6.02. The lowest BCUT2D eigenvalue weighted by Gasteiger charge is -2.40. The number of rotatable bonds is 0. The molecular formula is C8H14ClN3. The SMILES string of the molecule is CC(C)(C)N1C(N)=CN=CC1Cl. The molecule has 1 unspecified atom stereocenters. The minimum Gasteiger partial charge on any atom is -0.384 e. The zero-order valence-electron chi connectivity index (χ0n) is 7.58. The third-order valence-corrected chi connectivity index (χ3v) is 1.97. The van der Waals surface area contributed by atoms with E-state index in [4.69, 9.17) is 17.3 Å². The number of hydrogen-bond donors (Lipinski definition) is 1. The lowest BCUT2D eigenvalue weighted by molar-refractivity contribution is 0.191. The van der Waals surface area contributed by atoms with E-state index in [1.54, 1.807) is 12.4 Å². The highest BCUT2D eigenvalue weighted by Crippen LogP contribution is 2.23. The van der Waals surface area contributed by atoms with Crippen molar-refractivity contribution in [1.29, 1.82) is 0 Å². The van der Waals surface area contributed by atoms with E-state index in [1.165, 1.54) is 0 Å². The Balaban J connectivity index is 2.90.